The van der Waals surface area contributed by atoms with Gasteiger partial charge in [-0.05, 0) is 32.9 Å². The molecule has 0 amide bonds. The molecule has 0 aliphatic rings. The third kappa shape index (κ3) is 4.74. The fourth-order valence-corrected chi connectivity index (χ4v) is 2.03. The van der Waals surface area contributed by atoms with E-state index in [1.54, 1.807) is 6.07 Å². The van der Waals surface area contributed by atoms with Gasteiger partial charge in [-0.25, -0.2) is 0 Å². The molecule has 0 aliphatic carbocycles. The van der Waals surface area contributed by atoms with Crippen LogP contribution in [0.2, 0.25) is 0 Å². The van der Waals surface area contributed by atoms with E-state index in [-0.39, 0.29) is 18.2 Å². The highest BCUT2D eigenvalue weighted by Gasteiger charge is 2.14. The van der Waals surface area contributed by atoms with Crippen LogP contribution in [0, 0.1) is 0 Å². The number of carbonyl (C=O) groups is 1. The summed E-state index contributed by atoms with van der Waals surface area (Å²) in [5.74, 6) is -0.173. The van der Waals surface area contributed by atoms with Gasteiger partial charge in [-0.3, -0.25) is 9.69 Å². The number of para-hydroxylation sites is 1. The second kappa shape index (κ2) is 7.75. The number of aromatic hydroxyl groups is 1. The van der Waals surface area contributed by atoms with E-state index in [1.807, 2.05) is 12.1 Å². The second-order valence-corrected chi connectivity index (χ2v) is 5.03. The van der Waals surface area contributed by atoms with Crippen LogP contribution in [-0.4, -0.2) is 40.8 Å². The van der Waals surface area contributed by atoms with Crippen LogP contribution < -0.4 is 4.74 Å². The molecule has 0 aliphatic heterocycles. The maximum absolute atomic E-state index is 10.6. The quantitative estimate of drug-likeness (QED) is 0.766. The van der Waals surface area contributed by atoms with Gasteiger partial charge in [-0.1, -0.05) is 12.1 Å². The van der Waals surface area contributed by atoms with E-state index >= 15 is 0 Å². The van der Waals surface area contributed by atoms with E-state index in [0.29, 0.717) is 25.3 Å². The summed E-state index contributed by atoms with van der Waals surface area (Å²) in [5.41, 5.74) is 0.786. The van der Waals surface area contributed by atoms with E-state index in [1.165, 1.54) is 7.11 Å². The number of carboxylic acid groups (broad SMARTS) is 1. The Morgan fingerprint density at radius 1 is 1.40 bits per heavy atom. The van der Waals surface area contributed by atoms with E-state index in [0.717, 1.165) is 5.56 Å². The van der Waals surface area contributed by atoms with Crippen LogP contribution in [0.4, 0.5) is 0 Å². The number of ether oxygens (including phenoxy) is 1. The van der Waals surface area contributed by atoms with Crippen LogP contribution in [0.5, 0.6) is 11.5 Å². The smallest absolute Gasteiger partial charge is 0.303 e. The first-order valence-electron chi connectivity index (χ1n) is 6.76. The largest absolute Gasteiger partial charge is 0.504 e. The first-order valence-corrected chi connectivity index (χ1v) is 6.76. The molecule has 0 fully saturated rings. The Hall–Kier alpha value is -1.75. The lowest BCUT2D eigenvalue weighted by atomic mass is 10.1. The number of carboxylic acids is 1. The van der Waals surface area contributed by atoms with Crippen molar-refractivity contribution in [3.8, 4) is 11.5 Å². The minimum atomic E-state index is -0.780. The van der Waals surface area contributed by atoms with Crippen molar-refractivity contribution in [1.29, 1.82) is 0 Å². The zero-order valence-corrected chi connectivity index (χ0v) is 12.3. The molecule has 0 saturated heterocycles. The van der Waals surface area contributed by atoms with Crippen molar-refractivity contribution < 1.29 is 19.7 Å². The summed E-state index contributed by atoms with van der Waals surface area (Å²) in [6.45, 7) is 5.36. The number of phenols is 1. The predicted molar refractivity (Wildman–Crippen MR) is 77.1 cm³/mol. The van der Waals surface area contributed by atoms with Gasteiger partial charge in [-0.15, -0.1) is 0 Å². The van der Waals surface area contributed by atoms with Crippen molar-refractivity contribution in [3.63, 3.8) is 0 Å². The normalized spacial score (nSPS) is 11.1. The topological polar surface area (TPSA) is 70.0 Å². The zero-order chi connectivity index (χ0) is 15.1. The number of methoxy groups -OCH3 is 1. The van der Waals surface area contributed by atoms with Gasteiger partial charge in [0.15, 0.2) is 11.5 Å². The molecule has 0 saturated carbocycles. The molecule has 0 spiro atoms. The average Bonchev–Trinajstić information content (AvgIpc) is 2.39. The molecule has 0 unspecified atom stereocenters. The number of rotatable bonds is 8. The standard InChI is InChI=1S/C15H23NO4/c1-11(2)16(9-5-8-14(17)18)10-12-6-4-7-13(20-3)15(12)19/h4,6-7,11,19H,5,8-10H2,1-3H3,(H,17,18). The highest BCUT2D eigenvalue weighted by molar-refractivity contribution is 5.66. The van der Waals surface area contributed by atoms with Crippen LogP contribution in [-0.2, 0) is 11.3 Å². The minimum absolute atomic E-state index is 0.152. The van der Waals surface area contributed by atoms with Crippen LogP contribution in [0.15, 0.2) is 18.2 Å². The molecule has 0 bridgehead atoms. The summed E-state index contributed by atoms with van der Waals surface area (Å²) in [4.78, 5) is 12.7. The summed E-state index contributed by atoms with van der Waals surface area (Å²) in [5, 5.41) is 18.8. The Bertz CT molecular complexity index is 445. The van der Waals surface area contributed by atoms with Gasteiger partial charge in [0.05, 0.1) is 7.11 Å². The maximum atomic E-state index is 10.6. The molecule has 2 N–H and O–H groups in total. The molecular weight excluding hydrogens is 258 g/mol. The molecule has 5 nitrogen and oxygen atoms in total. The number of hydrogen-bond acceptors (Lipinski definition) is 4. The van der Waals surface area contributed by atoms with Gasteiger partial charge >= 0.3 is 5.97 Å². The number of hydrogen-bond donors (Lipinski definition) is 2. The molecule has 0 aromatic heterocycles. The number of benzene rings is 1. The van der Waals surface area contributed by atoms with Gasteiger partial charge < -0.3 is 14.9 Å². The van der Waals surface area contributed by atoms with Gasteiger partial charge in [0, 0.05) is 24.6 Å². The van der Waals surface area contributed by atoms with Gasteiger partial charge in [0.25, 0.3) is 0 Å². The van der Waals surface area contributed by atoms with Crippen molar-refractivity contribution in [2.75, 3.05) is 13.7 Å². The van der Waals surface area contributed by atoms with Crippen LogP contribution in [0.25, 0.3) is 0 Å². The Kier molecular flexibility index (Phi) is 6.31. The SMILES string of the molecule is COc1cccc(CN(CCCC(=O)O)C(C)C)c1O. The van der Waals surface area contributed by atoms with Crippen LogP contribution in [0.1, 0.15) is 32.3 Å². The lowest BCUT2D eigenvalue weighted by Crippen LogP contribution is -2.31. The highest BCUT2D eigenvalue weighted by atomic mass is 16.5. The van der Waals surface area contributed by atoms with Crippen molar-refractivity contribution >= 4 is 5.97 Å². The Morgan fingerprint density at radius 3 is 2.65 bits per heavy atom. The molecule has 20 heavy (non-hydrogen) atoms. The van der Waals surface area contributed by atoms with Crippen molar-refractivity contribution in [3.05, 3.63) is 23.8 Å². The maximum Gasteiger partial charge on any atom is 0.303 e. The molecule has 1 rings (SSSR count). The number of aliphatic carboxylic acids is 1. The molecule has 1 aromatic carbocycles. The lowest BCUT2D eigenvalue weighted by Gasteiger charge is -2.26. The fourth-order valence-electron chi connectivity index (χ4n) is 2.03. The van der Waals surface area contributed by atoms with Crippen molar-refractivity contribution in [1.82, 2.24) is 4.90 Å². The summed E-state index contributed by atoms with van der Waals surface area (Å²) in [6.07, 6.45) is 0.756. The molecule has 1 aromatic rings. The third-order valence-corrected chi connectivity index (χ3v) is 3.24. The monoisotopic (exact) mass is 281 g/mol. The Balaban J connectivity index is 2.73. The molecular formula is C15H23NO4. The van der Waals surface area contributed by atoms with Gasteiger partial charge in [0.1, 0.15) is 0 Å². The van der Waals surface area contributed by atoms with Crippen LogP contribution in [0.3, 0.4) is 0 Å². The van der Waals surface area contributed by atoms with E-state index in [9.17, 15) is 9.90 Å². The molecule has 5 heteroatoms. The van der Waals surface area contributed by atoms with E-state index < -0.39 is 5.97 Å². The highest BCUT2D eigenvalue weighted by Crippen LogP contribution is 2.30. The molecule has 112 valence electrons. The predicted octanol–water partition coefficient (Wildman–Crippen LogP) is 2.48. The van der Waals surface area contributed by atoms with Crippen LogP contribution >= 0.6 is 0 Å². The summed E-state index contributed by atoms with van der Waals surface area (Å²) >= 11 is 0. The minimum Gasteiger partial charge on any atom is -0.504 e. The number of phenolic OH excluding ortho intramolecular Hbond substituents is 1. The number of nitrogens with zero attached hydrogens (tertiary/aromatic N) is 1. The molecule has 0 radical (unpaired) electrons. The van der Waals surface area contributed by atoms with Gasteiger partial charge in [0.2, 0.25) is 0 Å². The summed E-state index contributed by atoms with van der Waals surface area (Å²) in [6, 6.07) is 5.67. The zero-order valence-electron chi connectivity index (χ0n) is 12.3. The first kappa shape index (κ1) is 16.3. The fraction of sp³-hybridized carbons (Fsp3) is 0.533. The third-order valence-electron chi connectivity index (χ3n) is 3.24. The lowest BCUT2D eigenvalue weighted by molar-refractivity contribution is -0.137. The molecule has 0 atom stereocenters. The van der Waals surface area contributed by atoms with E-state index in [2.05, 4.69) is 18.7 Å². The van der Waals surface area contributed by atoms with Gasteiger partial charge in [-0.2, -0.15) is 0 Å². The van der Waals surface area contributed by atoms with Crippen molar-refractivity contribution in [2.45, 2.75) is 39.3 Å². The summed E-state index contributed by atoms with van der Waals surface area (Å²) in [7, 11) is 1.52. The summed E-state index contributed by atoms with van der Waals surface area (Å²) < 4.78 is 5.09. The Labute approximate surface area is 119 Å². The van der Waals surface area contributed by atoms with E-state index in [4.69, 9.17) is 9.84 Å². The van der Waals surface area contributed by atoms with Crippen molar-refractivity contribution in [2.24, 2.45) is 0 Å². The average molecular weight is 281 g/mol. The Morgan fingerprint density at radius 2 is 2.10 bits per heavy atom. The molecule has 0 heterocycles. The second-order valence-electron chi connectivity index (χ2n) is 5.03. The first-order chi connectivity index (χ1) is 9.45.